The fraction of sp³-hybridized carbons (Fsp3) is 0.600. The molecule has 2 heterocycles. The summed E-state index contributed by atoms with van der Waals surface area (Å²) >= 11 is 0. The Kier molecular flexibility index (Phi) is 1.71. The molecule has 0 spiro atoms. The normalized spacial score (nSPS) is 18.2. The molecule has 0 saturated heterocycles. The van der Waals surface area contributed by atoms with Gasteiger partial charge in [-0.3, -0.25) is 13.9 Å². The van der Waals surface area contributed by atoms with Crippen LogP contribution in [0.1, 0.15) is 19.5 Å². The van der Waals surface area contributed by atoms with E-state index in [4.69, 9.17) is 0 Å². The minimum atomic E-state index is -0.209. The van der Waals surface area contributed by atoms with Gasteiger partial charge in [0, 0.05) is 25.4 Å². The summed E-state index contributed by atoms with van der Waals surface area (Å²) in [4.78, 5) is 23.1. The minimum Gasteiger partial charge on any atom is -0.297 e. The summed E-state index contributed by atoms with van der Waals surface area (Å²) in [5, 5.41) is 0. The van der Waals surface area contributed by atoms with Gasteiger partial charge in [-0.15, -0.1) is 0 Å². The Morgan fingerprint density at radius 1 is 1.36 bits per heavy atom. The molecule has 4 heteroatoms. The van der Waals surface area contributed by atoms with Crippen LogP contribution >= 0.6 is 0 Å². The van der Waals surface area contributed by atoms with Gasteiger partial charge in [0.2, 0.25) is 0 Å². The highest BCUT2D eigenvalue weighted by Crippen LogP contribution is 2.28. The third-order valence-corrected chi connectivity index (χ3v) is 2.73. The first-order chi connectivity index (χ1) is 6.41. The second kappa shape index (κ2) is 2.59. The largest absolute Gasteiger partial charge is 0.330 e. The predicted octanol–water partition coefficient (Wildman–Crippen LogP) is 0.129. The van der Waals surface area contributed by atoms with Crippen molar-refractivity contribution in [2.45, 2.75) is 26.8 Å². The maximum absolute atomic E-state index is 11.7. The van der Waals surface area contributed by atoms with Crippen LogP contribution in [0.2, 0.25) is 0 Å². The zero-order chi connectivity index (χ0) is 10.5. The van der Waals surface area contributed by atoms with Crippen LogP contribution < -0.4 is 11.2 Å². The van der Waals surface area contributed by atoms with E-state index in [0.29, 0.717) is 6.54 Å². The molecule has 4 nitrogen and oxygen atoms in total. The lowest BCUT2D eigenvalue weighted by Gasteiger charge is -2.13. The maximum Gasteiger partial charge on any atom is 0.330 e. The molecule has 14 heavy (non-hydrogen) atoms. The van der Waals surface area contributed by atoms with Gasteiger partial charge in [0.25, 0.3) is 5.56 Å². The van der Waals surface area contributed by atoms with Crippen LogP contribution in [0.5, 0.6) is 0 Å². The molecule has 0 amide bonds. The predicted molar refractivity (Wildman–Crippen MR) is 53.4 cm³/mol. The van der Waals surface area contributed by atoms with E-state index in [2.05, 4.69) is 13.8 Å². The van der Waals surface area contributed by atoms with Crippen molar-refractivity contribution < 1.29 is 0 Å². The molecule has 0 aromatic carbocycles. The van der Waals surface area contributed by atoms with Crippen molar-refractivity contribution in [1.29, 1.82) is 0 Å². The Bertz CT molecular complexity index is 494. The highest BCUT2D eigenvalue weighted by Gasteiger charge is 2.29. The molecule has 1 aromatic heterocycles. The third kappa shape index (κ3) is 1.22. The molecule has 0 saturated carbocycles. The minimum absolute atomic E-state index is 0.0902. The first-order valence-electron chi connectivity index (χ1n) is 4.70. The van der Waals surface area contributed by atoms with E-state index in [1.54, 1.807) is 10.6 Å². The van der Waals surface area contributed by atoms with Gasteiger partial charge in [0.1, 0.15) is 0 Å². The summed E-state index contributed by atoms with van der Waals surface area (Å²) in [6.07, 6.45) is 0.804. The SMILES string of the molecule is Cn1c(=O)cc2n(c1=O)CC(C)(C)C2. The van der Waals surface area contributed by atoms with Crippen molar-refractivity contribution in [2.24, 2.45) is 12.5 Å². The van der Waals surface area contributed by atoms with Crippen molar-refractivity contribution in [2.75, 3.05) is 0 Å². The van der Waals surface area contributed by atoms with Crippen LogP contribution in [0.15, 0.2) is 15.7 Å². The van der Waals surface area contributed by atoms with Gasteiger partial charge in [-0.1, -0.05) is 13.8 Å². The summed E-state index contributed by atoms with van der Waals surface area (Å²) in [6.45, 7) is 4.91. The number of hydrogen-bond acceptors (Lipinski definition) is 2. The van der Waals surface area contributed by atoms with E-state index in [1.165, 1.54) is 7.05 Å². The lowest BCUT2D eigenvalue weighted by molar-refractivity contribution is 0.354. The Morgan fingerprint density at radius 2 is 2.00 bits per heavy atom. The average Bonchev–Trinajstić information content (AvgIpc) is 2.37. The lowest BCUT2D eigenvalue weighted by atomic mass is 9.91. The molecule has 0 aliphatic carbocycles. The van der Waals surface area contributed by atoms with E-state index >= 15 is 0 Å². The van der Waals surface area contributed by atoms with Crippen molar-refractivity contribution >= 4 is 0 Å². The van der Waals surface area contributed by atoms with Gasteiger partial charge in [-0.05, 0) is 11.8 Å². The molecule has 1 aliphatic heterocycles. The molecular formula is C10H14N2O2. The molecule has 1 aromatic rings. The Morgan fingerprint density at radius 3 is 2.64 bits per heavy atom. The maximum atomic E-state index is 11.7. The number of fused-ring (bicyclic) bond motifs is 1. The summed E-state index contributed by atoms with van der Waals surface area (Å²) in [6, 6.07) is 1.57. The standard InChI is InChI=1S/C10H14N2O2/c1-10(2)5-7-4-8(13)11(3)9(14)12(7)6-10/h4H,5-6H2,1-3H3. The molecule has 76 valence electrons. The van der Waals surface area contributed by atoms with Crippen LogP contribution in [0, 0.1) is 5.41 Å². The smallest absolute Gasteiger partial charge is 0.297 e. The molecule has 0 atom stereocenters. The average molecular weight is 194 g/mol. The fourth-order valence-electron chi connectivity index (χ4n) is 2.01. The van der Waals surface area contributed by atoms with E-state index in [9.17, 15) is 9.59 Å². The Balaban J connectivity index is 2.71. The number of hydrogen-bond donors (Lipinski definition) is 0. The van der Waals surface area contributed by atoms with E-state index in [-0.39, 0.29) is 16.7 Å². The number of rotatable bonds is 0. The first-order valence-corrected chi connectivity index (χ1v) is 4.70. The molecule has 0 fully saturated rings. The quantitative estimate of drug-likeness (QED) is 0.589. The molecule has 2 rings (SSSR count). The summed E-state index contributed by atoms with van der Waals surface area (Å²) in [5.41, 5.74) is 0.549. The molecule has 1 aliphatic rings. The number of nitrogens with zero attached hydrogens (tertiary/aromatic N) is 2. The molecule has 0 N–H and O–H groups in total. The second-order valence-corrected chi connectivity index (χ2v) is 4.74. The zero-order valence-corrected chi connectivity index (χ0v) is 8.70. The van der Waals surface area contributed by atoms with Crippen molar-refractivity contribution in [1.82, 2.24) is 9.13 Å². The molecular weight excluding hydrogens is 180 g/mol. The van der Waals surface area contributed by atoms with Gasteiger partial charge in [-0.2, -0.15) is 0 Å². The molecule has 0 unspecified atom stereocenters. The Labute approximate surface area is 81.8 Å². The topological polar surface area (TPSA) is 44.0 Å². The van der Waals surface area contributed by atoms with E-state index in [1.807, 2.05) is 0 Å². The van der Waals surface area contributed by atoms with Crippen molar-refractivity contribution in [3.8, 4) is 0 Å². The van der Waals surface area contributed by atoms with Gasteiger partial charge >= 0.3 is 5.69 Å². The van der Waals surface area contributed by atoms with Crippen LogP contribution in [-0.4, -0.2) is 9.13 Å². The third-order valence-electron chi connectivity index (χ3n) is 2.73. The van der Waals surface area contributed by atoms with Crippen molar-refractivity contribution in [3.05, 3.63) is 32.6 Å². The van der Waals surface area contributed by atoms with Gasteiger partial charge in [0.05, 0.1) is 0 Å². The molecule has 0 bridgehead atoms. The lowest BCUT2D eigenvalue weighted by Crippen LogP contribution is -2.37. The van der Waals surface area contributed by atoms with E-state index < -0.39 is 0 Å². The number of aromatic nitrogens is 2. The second-order valence-electron chi connectivity index (χ2n) is 4.74. The summed E-state index contributed by atoms with van der Waals surface area (Å²) in [7, 11) is 1.52. The van der Waals surface area contributed by atoms with Gasteiger partial charge in [0.15, 0.2) is 0 Å². The first kappa shape index (κ1) is 9.24. The van der Waals surface area contributed by atoms with Crippen LogP contribution in [0.25, 0.3) is 0 Å². The molecule has 0 radical (unpaired) electrons. The fourth-order valence-corrected chi connectivity index (χ4v) is 2.01. The highest BCUT2D eigenvalue weighted by atomic mass is 16.2. The van der Waals surface area contributed by atoms with Crippen molar-refractivity contribution in [3.63, 3.8) is 0 Å². The zero-order valence-electron chi connectivity index (χ0n) is 8.70. The van der Waals surface area contributed by atoms with Crippen LogP contribution in [0.4, 0.5) is 0 Å². The van der Waals surface area contributed by atoms with Gasteiger partial charge in [-0.25, -0.2) is 4.79 Å². The Hall–Kier alpha value is -1.32. The summed E-state index contributed by atoms with van der Waals surface area (Å²) < 4.78 is 2.85. The van der Waals surface area contributed by atoms with Gasteiger partial charge < -0.3 is 0 Å². The summed E-state index contributed by atoms with van der Waals surface area (Å²) in [5.74, 6) is 0. The van der Waals surface area contributed by atoms with E-state index in [0.717, 1.165) is 16.7 Å². The van der Waals surface area contributed by atoms with Crippen LogP contribution in [0.3, 0.4) is 0 Å². The van der Waals surface area contributed by atoms with Crippen LogP contribution in [-0.2, 0) is 20.0 Å². The monoisotopic (exact) mass is 194 g/mol. The highest BCUT2D eigenvalue weighted by molar-refractivity contribution is 5.10.